The van der Waals surface area contributed by atoms with Gasteiger partial charge in [0.15, 0.2) is 0 Å². The number of nitrogens with zero attached hydrogens (tertiary/aromatic N) is 1. The van der Waals surface area contributed by atoms with E-state index in [9.17, 15) is 4.79 Å². The van der Waals surface area contributed by atoms with Gasteiger partial charge in [-0.1, -0.05) is 11.8 Å². The summed E-state index contributed by atoms with van der Waals surface area (Å²) in [6, 6.07) is 5.69. The molecule has 0 saturated carbocycles. The second-order valence-electron chi connectivity index (χ2n) is 4.65. The highest BCUT2D eigenvalue weighted by atomic mass is 32.2. The number of pyridine rings is 1. The van der Waals surface area contributed by atoms with Crippen LogP contribution in [0, 0.1) is 20.8 Å². The number of furan rings is 1. The molecule has 3 rings (SSSR count). The minimum absolute atomic E-state index is 0.0408. The Bertz CT molecular complexity index is 713. The van der Waals surface area contributed by atoms with Gasteiger partial charge in [0.05, 0.1) is 10.5 Å². The largest absolute Gasteiger partial charge is 0.462 e. The summed E-state index contributed by atoms with van der Waals surface area (Å²) in [7, 11) is 0. The van der Waals surface area contributed by atoms with Crippen LogP contribution in [0.3, 0.4) is 0 Å². The number of Topliss-reactive ketones (excluding diaryl/α,β-unsaturated/α-hetero) is 1. The van der Waals surface area contributed by atoms with Gasteiger partial charge in [-0.3, -0.25) is 4.79 Å². The number of thioether (sulfide) groups is 1. The standard InChI is InChI=1S/C15H13NO2S/c1-8-6-9(2)16-15-13(8)14(17)12(19-15)7-11-5-4-10(3)18-11/h4-7H,1-3H3/b12-7-. The number of carbonyl (C=O) groups excluding carboxylic acids is 1. The number of carbonyl (C=O) groups is 1. The Morgan fingerprint density at radius 3 is 2.74 bits per heavy atom. The van der Waals surface area contributed by atoms with Crippen LogP contribution in [0.15, 0.2) is 32.5 Å². The van der Waals surface area contributed by atoms with E-state index in [4.69, 9.17) is 4.42 Å². The summed E-state index contributed by atoms with van der Waals surface area (Å²) < 4.78 is 5.48. The van der Waals surface area contributed by atoms with Gasteiger partial charge in [0.2, 0.25) is 5.78 Å². The summed E-state index contributed by atoms with van der Waals surface area (Å²) in [6.07, 6.45) is 1.79. The Labute approximate surface area is 115 Å². The van der Waals surface area contributed by atoms with Gasteiger partial charge in [0.1, 0.15) is 16.5 Å². The van der Waals surface area contributed by atoms with Crippen molar-refractivity contribution in [3.8, 4) is 0 Å². The molecule has 0 fully saturated rings. The van der Waals surface area contributed by atoms with Crippen LogP contribution >= 0.6 is 11.8 Å². The van der Waals surface area contributed by atoms with Gasteiger partial charge in [0.25, 0.3) is 0 Å². The summed E-state index contributed by atoms with van der Waals surface area (Å²) in [6.45, 7) is 5.78. The van der Waals surface area contributed by atoms with Crippen molar-refractivity contribution in [3.63, 3.8) is 0 Å². The van der Waals surface area contributed by atoms with Crippen LogP contribution in [-0.4, -0.2) is 10.8 Å². The van der Waals surface area contributed by atoms with E-state index < -0.39 is 0 Å². The zero-order chi connectivity index (χ0) is 13.6. The van der Waals surface area contributed by atoms with E-state index in [0.717, 1.165) is 27.6 Å². The highest BCUT2D eigenvalue weighted by molar-refractivity contribution is 8.04. The van der Waals surface area contributed by atoms with Crippen molar-refractivity contribution in [2.45, 2.75) is 25.8 Å². The lowest BCUT2D eigenvalue weighted by Gasteiger charge is -2.01. The van der Waals surface area contributed by atoms with Gasteiger partial charge in [-0.15, -0.1) is 0 Å². The first-order valence-corrected chi connectivity index (χ1v) is 6.85. The van der Waals surface area contributed by atoms with E-state index in [1.165, 1.54) is 11.8 Å². The highest BCUT2D eigenvalue weighted by Crippen LogP contribution is 2.41. The van der Waals surface area contributed by atoms with E-state index in [1.54, 1.807) is 6.08 Å². The number of aromatic nitrogens is 1. The molecule has 3 nitrogen and oxygen atoms in total. The van der Waals surface area contributed by atoms with Crippen LogP contribution in [-0.2, 0) is 0 Å². The molecule has 0 amide bonds. The lowest BCUT2D eigenvalue weighted by Crippen LogP contribution is -1.99. The van der Waals surface area contributed by atoms with Crippen molar-refractivity contribution in [1.29, 1.82) is 0 Å². The minimum Gasteiger partial charge on any atom is -0.462 e. The summed E-state index contributed by atoms with van der Waals surface area (Å²) in [4.78, 5) is 17.5. The monoisotopic (exact) mass is 271 g/mol. The SMILES string of the molecule is Cc1cc(C)c2c(n1)S/C(=C\c1ccc(C)o1)C2=O. The predicted molar refractivity (Wildman–Crippen MR) is 75.3 cm³/mol. The van der Waals surface area contributed by atoms with Crippen LogP contribution in [0.2, 0.25) is 0 Å². The zero-order valence-electron chi connectivity index (χ0n) is 11.0. The van der Waals surface area contributed by atoms with Crippen LogP contribution in [0.25, 0.3) is 6.08 Å². The maximum Gasteiger partial charge on any atom is 0.202 e. The second-order valence-corrected chi connectivity index (χ2v) is 5.68. The average molecular weight is 271 g/mol. The molecule has 0 atom stereocenters. The number of rotatable bonds is 1. The topological polar surface area (TPSA) is 43.1 Å². The fourth-order valence-corrected chi connectivity index (χ4v) is 3.31. The van der Waals surface area contributed by atoms with Gasteiger partial charge in [-0.05, 0) is 50.6 Å². The molecule has 0 radical (unpaired) electrons. The van der Waals surface area contributed by atoms with Gasteiger partial charge in [-0.2, -0.15) is 0 Å². The molecule has 0 bridgehead atoms. The molecule has 1 aliphatic heterocycles. The molecule has 0 N–H and O–H groups in total. The predicted octanol–water partition coefficient (Wildman–Crippen LogP) is 3.93. The summed E-state index contributed by atoms with van der Waals surface area (Å²) in [5.41, 5.74) is 2.65. The summed E-state index contributed by atoms with van der Waals surface area (Å²) >= 11 is 1.42. The number of allylic oxidation sites excluding steroid dienone is 1. The number of hydrogen-bond donors (Lipinski definition) is 0. The smallest absolute Gasteiger partial charge is 0.202 e. The Balaban J connectivity index is 2.04. The lowest BCUT2D eigenvalue weighted by atomic mass is 10.1. The van der Waals surface area contributed by atoms with Crippen LogP contribution in [0.1, 0.15) is 33.1 Å². The zero-order valence-corrected chi connectivity index (χ0v) is 11.8. The molecule has 2 aromatic rings. The Morgan fingerprint density at radius 2 is 2.05 bits per heavy atom. The minimum atomic E-state index is 0.0408. The third kappa shape index (κ3) is 2.12. The number of aryl methyl sites for hydroxylation is 3. The van der Waals surface area contributed by atoms with E-state index >= 15 is 0 Å². The third-order valence-corrected chi connectivity index (χ3v) is 4.02. The molecule has 96 valence electrons. The molecule has 2 aromatic heterocycles. The van der Waals surface area contributed by atoms with Crippen LogP contribution in [0.5, 0.6) is 0 Å². The molecular formula is C15H13NO2S. The first kappa shape index (κ1) is 12.2. The molecule has 0 saturated heterocycles. The van der Waals surface area contributed by atoms with E-state index in [1.807, 2.05) is 39.0 Å². The lowest BCUT2D eigenvalue weighted by molar-refractivity contribution is 0.104. The summed E-state index contributed by atoms with van der Waals surface area (Å²) in [5.74, 6) is 1.58. The fraction of sp³-hybridized carbons (Fsp3) is 0.200. The second kappa shape index (κ2) is 4.38. The molecule has 1 aliphatic rings. The Hall–Kier alpha value is -1.81. The first-order valence-electron chi connectivity index (χ1n) is 6.03. The molecule has 0 spiro atoms. The quantitative estimate of drug-likeness (QED) is 0.737. The normalized spacial score (nSPS) is 16.2. The summed E-state index contributed by atoms with van der Waals surface area (Å²) in [5, 5.41) is 0.803. The van der Waals surface area contributed by atoms with Gasteiger partial charge < -0.3 is 4.42 Å². The van der Waals surface area contributed by atoms with Crippen molar-refractivity contribution >= 4 is 23.6 Å². The van der Waals surface area contributed by atoms with E-state index in [-0.39, 0.29) is 5.78 Å². The van der Waals surface area contributed by atoms with Gasteiger partial charge >= 0.3 is 0 Å². The van der Waals surface area contributed by atoms with E-state index in [2.05, 4.69) is 4.98 Å². The van der Waals surface area contributed by atoms with Crippen molar-refractivity contribution in [2.24, 2.45) is 0 Å². The molecule has 0 unspecified atom stereocenters. The van der Waals surface area contributed by atoms with Crippen molar-refractivity contribution in [1.82, 2.24) is 4.98 Å². The van der Waals surface area contributed by atoms with Crippen LogP contribution in [0.4, 0.5) is 0 Å². The Kier molecular flexibility index (Phi) is 2.82. The molecule has 3 heterocycles. The maximum absolute atomic E-state index is 12.4. The maximum atomic E-state index is 12.4. The fourth-order valence-electron chi connectivity index (χ4n) is 2.18. The van der Waals surface area contributed by atoms with Crippen molar-refractivity contribution < 1.29 is 9.21 Å². The van der Waals surface area contributed by atoms with Gasteiger partial charge in [0, 0.05) is 5.69 Å². The number of ketones is 1. The molecule has 4 heteroatoms. The van der Waals surface area contributed by atoms with Crippen molar-refractivity contribution in [3.05, 3.63) is 51.4 Å². The van der Waals surface area contributed by atoms with Crippen molar-refractivity contribution in [2.75, 3.05) is 0 Å². The number of fused-ring (bicyclic) bond motifs is 1. The third-order valence-electron chi connectivity index (χ3n) is 3.00. The van der Waals surface area contributed by atoms with Gasteiger partial charge in [-0.25, -0.2) is 4.98 Å². The molecule has 0 aromatic carbocycles. The Morgan fingerprint density at radius 1 is 1.26 bits per heavy atom. The molecule has 0 aliphatic carbocycles. The number of hydrogen-bond acceptors (Lipinski definition) is 4. The first-order chi connectivity index (χ1) is 9.04. The molecule has 19 heavy (non-hydrogen) atoms. The van der Waals surface area contributed by atoms with E-state index in [0.29, 0.717) is 10.7 Å². The average Bonchev–Trinajstić information content (AvgIpc) is 2.84. The highest BCUT2D eigenvalue weighted by Gasteiger charge is 2.29. The molecular weight excluding hydrogens is 258 g/mol. The van der Waals surface area contributed by atoms with Crippen LogP contribution < -0.4 is 0 Å².